The van der Waals surface area contributed by atoms with Crippen molar-refractivity contribution in [1.82, 2.24) is 5.32 Å². The van der Waals surface area contributed by atoms with Gasteiger partial charge in [0.2, 0.25) is 5.91 Å². The van der Waals surface area contributed by atoms with Crippen molar-refractivity contribution >= 4 is 27.6 Å². The molecule has 0 aromatic heterocycles. The van der Waals surface area contributed by atoms with Gasteiger partial charge in [-0.05, 0) is 48.2 Å². The SMILES string of the molecule is COc1ccc(OC)c(S(=O)(=O)Nc2ccc(C3(C(=O)NCc4ccccc4)CC3)cc2)c1.O=C(O)C(F)(F)F. The van der Waals surface area contributed by atoms with E-state index in [-0.39, 0.29) is 16.6 Å². The predicted molar refractivity (Wildman–Crippen MR) is 140 cm³/mol. The third kappa shape index (κ3) is 7.44. The number of alkyl halides is 3. The van der Waals surface area contributed by atoms with Crippen molar-refractivity contribution in [3.63, 3.8) is 0 Å². The number of hydrogen-bond donors (Lipinski definition) is 3. The maximum Gasteiger partial charge on any atom is 0.490 e. The number of carboxylic acids is 1. The number of amides is 1. The summed E-state index contributed by atoms with van der Waals surface area (Å²) in [6.45, 7) is 0.474. The van der Waals surface area contributed by atoms with Crippen molar-refractivity contribution in [1.29, 1.82) is 0 Å². The van der Waals surface area contributed by atoms with E-state index in [1.54, 1.807) is 36.4 Å². The fourth-order valence-corrected chi connectivity index (χ4v) is 5.02. The Bertz CT molecular complexity index is 1440. The predicted octanol–water partition coefficient (Wildman–Crippen LogP) is 4.49. The lowest BCUT2D eigenvalue weighted by Crippen LogP contribution is -2.34. The first-order chi connectivity index (χ1) is 18.8. The smallest absolute Gasteiger partial charge is 0.490 e. The summed E-state index contributed by atoms with van der Waals surface area (Å²) >= 11 is 0. The first kappa shape index (κ1) is 30.3. The molecule has 1 fully saturated rings. The lowest BCUT2D eigenvalue weighted by Gasteiger charge is -2.17. The largest absolute Gasteiger partial charge is 0.497 e. The summed E-state index contributed by atoms with van der Waals surface area (Å²) in [7, 11) is -1.03. The Labute approximate surface area is 229 Å². The van der Waals surface area contributed by atoms with Gasteiger partial charge in [0.1, 0.15) is 16.4 Å². The number of anilines is 1. The highest BCUT2D eigenvalue weighted by atomic mass is 32.2. The van der Waals surface area contributed by atoms with E-state index in [2.05, 4.69) is 10.0 Å². The number of rotatable bonds is 9. The van der Waals surface area contributed by atoms with E-state index in [4.69, 9.17) is 19.4 Å². The lowest BCUT2D eigenvalue weighted by atomic mass is 9.94. The van der Waals surface area contributed by atoms with E-state index in [1.807, 2.05) is 30.3 Å². The molecule has 40 heavy (non-hydrogen) atoms. The van der Waals surface area contributed by atoms with Gasteiger partial charge in [-0.1, -0.05) is 42.5 Å². The standard InChI is InChI=1S/C25H26N2O5S.C2HF3O2/c1-31-21-12-13-22(32-2)23(16-21)33(29,30)27-20-10-8-19(9-11-20)25(14-15-25)24(28)26-17-18-6-4-3-5-7-18;3-2(4,5)1(6)7/h3-13,16,27H,14-15,17H2,1-2H3,(H,26,28);(H,6,7). The maximum absolute atomic E-state index is 13.0. The lowest BCUT2D eigenvalue weighted by molar-refractivity contribution is -0.192. The maximum atomic E-state index is 13.0. The van der Waals surface area contributed by atoms with E-state index in [9.17, 15) is 26.4 Å². The molecule has 3 aromatic rings. The Balaban J connectivity index is 0.000000559. The zero-order valence-corrected chi connectivity index (χ0v) is 22.3. The number of benzene rings is 3. The summed E-state index contributed by atoms with van der Waals surface area (Å²) in [6.07, 6.45) is -3.56. The van der Waals surface area contributed by atoms with Crippen molar-refractivity contribution in [3.8, 4) is 11.5 Å². The molecule has 214 valence electrons. The molecular formula is C27H27F3N2O7S. The average Bonchev–Trinajstić information content (AvgIpc) is 3.74. The normalized spacial score (nSPS) is 13.7. The van der Waals surface area contributed by atoms with Crippen LogP contribution in [0.15, 0.2) is 77.7 Å². The molecule has 1 amide bonds. The number of nitrogens with one attached hydrogen (secondary N) is 2. The molecule has 0 radical (unpaired) electrons. The van der Waals surface area contributed by atoms with Crippen LogP contribution in [0.4, 0.5) is 18.9 Å². The second kappa shape index (κ2) is 12.3. The molecule has 0 heterocycles. The molecule has 3 N–H and O–H groups in total. The highest BCUT2D eigenvalue weighted by Gasteiger charge is 2.51. The van der Waals surface area contributed by atoms with E-state index >= 15 is 0 Å². The van der Waals surface area contributed by atoms with Crippen LogP contribution in [0.1, 0.15) is 24.0 Å². The van der Waals surface area contributed by atoms with Gasteiger partial charge in [0.05, 0.1) is 19.6 Å². The first-order valence-corrected chi connectivity index (χ1v) is 13.3. The summed E-state index contributed by atoms with van der Waals surface area (Å²) in [5, 5.41) is 10.1. The third-order valence-electron chi connectivity index (χ3n) is 6.07. The Morgan fingerprint density at radius 3 is 2.05 bits per heavy atom. The van der Waals surface area contributed by atoms with Gasteiger partial charge in [-0.25, -0.2) is 13.2 Å². The summed E-state index contributed by atoms with van der Waals surface area (Å²) in [4.78, 5) is 21.8. The number of ether oxygens (including phenoxy) is 2. The Morgan fingerprint density at radius 2 is 1.55 bits per heavy atom. The Hall–Kier alpha value is -4.26. The van der Waals surface area contributed by atoms with Crippen LogP contribution in [0.5, 0.6) is 11.5 Å². The van der Waals surface area contributed by atoms with Crippen LogP contribution >= 0.6 is 0 Å². The van der Waals surface area contributed by atoms with Crippen molar-refractivity contribution in [2.45, 2.75) is 35.9 Å². The minimum Gasteiger partial charge on any atom is -0.497 e. The average molecular weight is 581 g/mol. The molecule has 1 aliphatic rings. The second-order valence-electron chi connectivity index (χ2n) is 8.75. The quantitative estimate of drug-likeness (QED) is 0.340. The molecule has 0 saturated heterocycles. The van der Waals surface area contributed by atoms with Crippen LogP contribution in [0.2, 0.25) is 0 Å². The molecule has 0 spiro atoms. The van der Waals surface area contributed by atoms with Crippen LogP contribution in [0, 0.1) is 0 Å². The first-order valence-electron chi connectivity index (χ1n) is 11.8. The van der Waals surface area contributed by atoms with Crippen LogP contribution in [-0.2, 0) is 31.6 Å². The van der Waals surface area contributed by atoms with Crippen LogP contribution < -0.4 is 19.5 Å². The number of aliphatic carboxylic acids is 1. The molecule has 3 aromatic carbocycles. The van der Waals surface area contributed by atoms with Crippen LogP contribution in [0.3, 0.4) is 0 Å². The van der Waals surface area contributed by atoms with Gasteiger partial charge in [0.15, 0.2) is 0 Å². The molecule has 1 aliphatic carbocycles. The number of sulfonamides is 1. The molecule has 4 rings (SSSR count). The van der Waals surface area contributed by atoms with E-state index < -0.39 is 27.6 Å². The van der Waals surface area contributed by atoms with E-state index in [0.29, 0.717) is 18.0 Å². The van der Waals surface area contributed by atoms with Crippen LogP contribution in [0.25, 0.3) is 0 Å². The number of carboxylic acid groups (broad SMARTS) is 1. The molecule has 0 aliphatic heterocycles. The van der Waals surface area contributed by atoms with Crippen molar-refractivity contribution in [3.05, 3.63) is 83.9 Å². The monoisotopic (exact) mass is 580 g/mol. The van der Waals surface area contributed by atoms with E-state index in [0.717, 1.165) is 24.0 Å². The Kier molecular flexibility index (Phi) is 9.30. The minimum absolute atomic E-state index is 0.0131. The fraction of sp³-hybridized carbons (Fsp3) is 0.259. The second-order valence-corrected chi connectivity index (χ2v) is 10.4. The number of carbonyl (C=O) groups is 2. The number of halogens is 3. The summed E-state index contributed by atoms with van der Waals surface area (Å²) < 4.78 is 70.6. The fourth-order valence-electron chi connectivity index (χ4n) is 3.78. The van der Waals surface area contributed by atoms with Crippen molar-refractivity contribution in [2.24, 2.45) is 0 Å². The molecule has 13 heteroatoms. The topological polar surface area (TPSA) is 131 Å². The minimum atomic E-state index is -5.08. The molecule has 9 nitrogen and oxygen atoms in total. The van der Waals surface area contributed by atoms with Gasteiger partial charge in [0.25, 0.3) is 10.0 Å². The van der Waals surface area contributed by atoms with Gasteiger partial charge in [-0.2, -0.15) is 13.2 Å². The number of hydrogen-bond acceptors (Lipinski definition) is 6. The summed E-state index contributed by atoms with van der Waals surface area (Å²) in [5.74, 6) is -2.15. The molecular weight excluding hydrogens is 553 g/mol. The third-order valence-corrected chi connectivity index (χ3v) is 7.48. The highest BCUT2D eigenvalue weighted by molar-refractivity contribution is 7.92. The molecule has 1 saturated carbocycles. The van der Waals surface area contributed by atoms with Crippen LogP contribution in [-0.4, -0.2) is 45.8 Å². The zero-order valence-electron chi connectivity index (χ0n) is 21.5. The Morgan fingerprint density at radius 1 is 0.950 bits per heavy atom. The van der Waals surface area contributed by atoms with Gasteiger partial charge in [-0.3, -0.25) is 9.52 Å². The molecule has 0 atom stereocenters. The highest BCUT2D eigenvalue weighted by Crippen LogP contribution is 2.48. The summed E-state index contributed by atoms with van der Waals surface area (Å²) in [6, 6.07) is 21.3. The number of methoxy groups -OCH3 is 2. The van der Waals surface area contributed by atoms with Gasteiger partial charge < -0.3 is 19.9 Å². The molecule has 0 bridgehead atoms. The van der Waals surface area contributed by atoms with Gasteiger partial charge in [0, 0.05) is 18.3 Å². The number of carbonyl (C=O) groups excluding carboxylic acids is 1. The van der Waals surface area contributed by atoms with E-state index in [1.165, 1.54) is 20.3 Å². The zero-order chi connectivity index (χ0) is 29.6. The van der Waals surface area contributed by atoms with Crippen molar-refractivity contribution in [2.75, 3.05) is 18.9 Å². The van der Waals surface area contributed by atoms with Crippen molar-refractivity contribution < 1.29 is 45.8 Å². The van der Waals surface area contributed by atoms with Gasteiger partial charge in [-0.15, -0.1) is 0 Å². The molecule has 0 unspecified atom stereocenters. The van der Waals surface area contributed by atoms with Gasteiger partial charge >= 0.3 is 12.1 Å². The summed E-state index contributed by atoms with van der Waals surface area (Å²) in [5.41, 5.74) is 1.75.